The Labute approximate surface area is 131 Å². The monoisotopic (exact) mass is 305 g/mol. The van der Waals surface area contributed by atoms with Crippen LogP contribution in [0, 0.1) is 6.92 Å². The Balaban J connectivity index is 1.98. The third kappa shape index (κ3) is 3.59. The Kier molecular flexibility index (Phi) is 4.44. The Bertz CT molecular complexity index is 583. The van der Waals surface area contributed by atoms with E-state index in [-0.39, 0.29) is 18.0 Å². The molecular weight excluding hydrogens is 282 g/mol. The summed E-state index contributed by atoms with van der Waals surface area (Å²) in [6, 6.07) is 5.70. The Morgan fingerprint density at radius 3 is 2.36 bits per heavy atom. The van der Waals surface area contributed by atoms with Crippen LogP contribution in [-0.4, -0.2) is 42.8 Å². The van der Waals surface area contributed by atoms with E-state index >= 15 is 0 Å². The molecule has 0 N–H and O–H groups in total. The van der Waals surface area contributed by atoms with Crippen molar-refractivity contribution in [2.45, 2.75) is 39.2 Å². The van der Waals surface area contributed by atoms with Crippen LogP contribution in [0.1, 0.15) is 48.2 Å². The molecule has 1 aromatic carbocycles. The van der Waals surface area contributed by atoms with Gasteiger partial charge in [-0.05, 0) is 44.9 Å². The van der Waals surface area contributed by atoms with E-state index in [0.717, 1.165) is 11.1 Å². The molecule has 1 aliphatic heterocycles. The van der Waals surface area contributed by atoms with Gasteiger partial charge in [0.05, 0.1) is 12.7 Å². The van der Waals surface area contributed by atoms with Crippen LogP contribution in [0.15, 0.2) is 18.2 Å². The highest BCUT2D eigenvalue weighted by Gasteiger charge is 2.34. The largest absolute Gasteiger partial charge is 0.465 e. The van der Waals surface area contributed by atoms with E-state index in [2.05, 4.69) is 0 Å². The number of rotatable bonds is 2. The van der Waals surface area contributed by atoms with Gasteiger partial charge < -0.3 is 14.4 Å². The van der Waals surface area contributed by atoms with Crippen LogP contribution in [0.2, 0.25) is 0 Å². The summed E-state index contributed by atoms with van der Waals surface area (Å²) in [5.41, 5.74) is 2.13. The predicted molar refractivity (Wildman–Crippen MR) is 83.1 cm³/mol. The maximum absolute atomic E-state index is 11.9. The lowest BCUT2D eigenvalue weighted by Crippen LogP contribution is -2.50. The molecule has 0 aliphatic carbocycles. The van der Waals surface area contributed by atoms with E-state index in [4.69, 9.17) is 9.47 Å². The van der Waals surface area contributed by atoms with Crippen LogP contribution in [0.4, 0.5) is 4.79 Å². The number of benzene rings is 1. The number of nitrogens with zero attached hydrogens (tertiary/aromatic N) is 1. The zero-order valence-corrected chi connectivity index (χ0v) is 13.8. The van der Waals surface area contributed by atoms with Gasteiger partial charge in [0.1, 0.15) is 5.60 Å². The number of hydrogen-bond acceptors (Lipinski definition) is 4. The van der Waals surface area contributed by atoms with Crippen molar-refractivity contribution in [1.82, 2.24) is 4.90 Å². The summed E-state index contributed by atoms with van der Waals surface area (Å²) in [7, 11) is 1.38. The number of carbonyl (C=O) groups excluding carboxylic acids is 2. The number of aryl methyl sites for hydroxylation is 1. The normalized spacial score (nSPS) is 15.2. The predicted octanol–water partition coefficient (Wildman–Crippen LogP) is 3.12. The van der Waals surface area contributed by atoms with Gasteiger partial charge in [0, 0.05) is 19.0 Å². The molecule has 0 spiro atoms. The number of carbonyl (C=O) groups is 2. The number of amides is 1. The maximum Gasteiger partial charge on any atom is 0.410 e. The van der Waals surface area contributed by atoms with Gasteiger partial charge in [0.25, 0.3) is 0 Å². The van der Waals surface area contributed by atoms with Crippen molar-refractivity contribution in [3.05, 3.63) is 34.9 Å². The van der Waals surface area contributed by atoms with Crippen LogP contribution in [0.3, 0.4) is 0 Å². The van der Waals surface area contributed by atoms with Gasteiger partial charge in [0.2, 0.25) is 0 Å². The van der Waals surface area contributed by atoms with E-state index in [1.165, 1.54) is 7.11 Å². The number of esters is 1. The third-order valence-corrected chi connectivity index (χ3v) is 3.66. The molecular formula is C17H23NO4. The van der Waals surface area contributed by atoms with Gasteiger partial charge in [-0.2, -0.15) is 0 Å². The molecule has 1 heterocycles. The summed E-state index contributed by atoms with van der Waals surface area (Å²) < 4.78 is 10.1. The van der Waals surface area contributed by atoms with Crippen molar-refractivity contribution >= 4 is 12.1 Å². The maximum atomic E-state index is 11.9. The first-order valence-corrected chi connectivity index (χ1v) is 7.38. The fourth-order valence-electron chi connectivity index (χ4n) is 2.44. The first-order chi connectivity index (χ1) is 10.2. The molecule has 22 heavy (non-hydrogen) atoms. The van der Waals surface area contributed by atoms with Gasteiger partial charge in [-0.25, -0.2) is 9.59 Å². The zero-order chi connectivity index (χ0) is 16.5. The summed E-state index contributed by atoms with van der Waals surface area (Å²) in [5.74, 6) is -0.0362. The summed E-state index contributed by atoms with van der Waals surface area (Å²) in [4.78, 5) is 25.2. The van der Waals surface area contributed by atoms with Gasteiger partial charge >= 0.3 is 12.1 Å². The minimum atomic E-state index is -0.471. The number of ether oxygens (including phenoxy) is 2. The minimum Gasteiger partial charge on any atom is -0.465 e. The summed E-state index contributed by atoms with van der Waals surface area (Å²) in [5, 5.41) is 0. The second-order valence-electron chi connectivity index (χ2n) is 6.65. The molecule has 5 nitrogen and oxygen atoms in total. The molecule has 0 bridgehead atoms. The molecule has 2 rings (SSSR count). The standard InChI is InChI=1S/C17H23NO4/c1-11-8-12(6-7-14(11)15(19)21-5)13-9-18(10-13)16(20)22-17(2,3)4/h6-8,13H,9-10H2,1-5H3. The molecule has 1 fully saturated rings. The molecule has 1 amide bonds. The summed E-state index contributed by atoms with van der Waals surface area (Å²) in [6.07, 6.45) is -0.272. The van der Waals surface area contributed by atoms with Crippen LogP contribution < -0.4 is 0 Å². The highest BCUT2D eigenvalue weighted by Crippen LogP contribution is 2.29. The summed E-state index contributed by atoms with van der Waals surface area (Å²) >= 11 is 0. The molecule has 0 saturated carbocycles. The Hall–Kier alpha value is -2.04. The Morgan fingerprint density at radius 1 is 1.23 bits per heavy atom. The quantitative estimate of drug-likeness (QED) is 0.788. The van der Waals surface area contributed by atoms with E-state index in [0.29, 0.717) is 18.7 Å². The average Bonchev–Trinajstić information content (AvgIpc) is 2.34. The SMILES string of the molecule is COC(=O)c1ccc(C2CN(C(=O)OC(C)(C)C)C2)cc1C. The van der Waals surface area contributed by atoms with Crippen LogP contribution in [-0.2, 0) is 9.47 Å². The zero-order valence-electron chi connectivity index (χ0n) is 13.8. The van der Waals surface area contributed by atoms with E-state index < -0.39 is 5.60 Å². The van der Waals surface area contributed by atoms with E-state index in [1.807, 2.05) is 39.8 Å². The number of methoxy groups -OCH3 is 1. The number of hydrogen-bond donors (Lipinski definition) is 0. The fourth-order valence-corrected chi connectivity index (χ4v) is 2.44. The second kappa shape index (κ2) is 5.99. The van der Waals surface area contributed by atoms with Gasteiger partial charge in [-0.15, -0.1) is 0 Å². The van der Waals surface area contributed by atoms with Crippen molar-refractivity contribution in [1.29, 1.82) is 0 Å². The summed E-state index contributed by atoms with van der Waals surface area (Å²) in [6.45, 7) is 8.75. The molecule has 1 aliphatic rings. The van der Waals surface area contributed by atoms with Crippen LogP contribution in [0.5, 0.6) is 0 Å². The van der Waals surface area contributed by atoms with Gasteiger partial charge in [-0.1, -0.05) is 12.1 Å². The lowest BCUT2D eigenvalue weighted by Gasteiger charge is -2.40. The van der Waals surface area contributed by atoms with Crippen LogP contribution in [0.25, 0.3) is 0 Å². The van der Waals surface area contributed by atoms with Crippen molar-refractivity contribution in [2.24, 2.45) is 0 Å². The van der Waals surface area contributed by atoms with E-state index in [1.54, 1.807) is 11.0 Å². The van der Waals surface area contributed by atoms with Gasteiger partial charge in [-0.3, -0.25) is 0 Å². The topological polar surface area (TPSA) is 55.8 Å². The smallest absolute Gasteiger partial charge is 0.410 e. The highest BCUT2D eigenvalue weighted by atomic mass is 16.6. The highest BCUT2D eigenvalue weighted by molar-refractivity contribution is 5.91. The lowest BCUT2D eigenvalue weighted by molar-refractivity contribution is 0.00819. The van der Waals surface area contributed by atoms with E-state index in [9.17, 15) is 9.59 Å². The lowest BCUT2D eigenvalue weighted by atomic mass is 9.89. The van der Waals surface area contributed by atoms with Gasteiger partial charge in [0.15, 0.2) is 0 Å². The molecule has 5 heteroatoms. The molecule has 0 aromatic heterocycles. The first-order valence-electron chi connectivity index (χ1n) is 7.38. The fraction of sp³-hybridized carbons (Fsp3) is 0.529. The van der Waals surface area contributed by atoms with Crippen molar-refractivity contribution in [3.63, 3.8) is 0 Å². The molecule has 0 unspecified atom stereocenters. The third-order valence-electron chi connectivity index (χ3n) is 3.66. The van der Waals surface area contributed by atoms with Crippen molar-refractivity contribution in [2.75, 3.05) is 20.2 Å². The first kappa shape index (κ1) is 16.3. The molecule has 0 atom stereocenters. The van der Waals surface area contributed by atoms with Crippen molar-refractivity contribution in [3.8, 4) is 0 Å². The molecule has 120 valence electrons. The molecule has 0 radical (unpaired) electrons. The molecule has 1 saturated heterocycles. The second-order valence-corrected chi connectivity index (χ2v) is 6.65. The minimum absolute atomic E-state index is 0.272. The van der Waals surface area contributed by atoms with Crippen molar-refractivity contribution < 1.29 is 19.1 Å². The molecule has 1 aromatic rings. The Morgan fingerprint density at radius 2 is 1.86 bits per heavy atom. The van der Waals surface area contributed by atoms with Crippen LogP contribution >= 0.6 is 0 Å². The average molecular weight is 305 g/mol. The number of likely N-dealkylation sites (tertiary alicyclic amines) is 1.